The predicted octanol–water partition coefficient (Wildman–Crippen LogP) is 2.18. The molecule has 3 nitrogen and oxygen atoms in total. The van der Waals surface area contributed by atoms with Crippen molar-refractivity contribution < 1.29 is 0 Å². The van der Waals surface area contributed by atoms with Crippen LogP contribution >= 0.6 is 0 Å². The quantitative estimate of drug-likeness (QED) is 0.763. The van der Waals surface area contributed by atoms with Gasteiger partial charge in [0, 0.05) is 44.8 Å². The molecule has 1 N–H and O–H groups in total. The van der Waals surface area contributed by atoms with Crippen LogP contribution in [0.4, 0.5) is 0 Å². The molecule has 0 saturated carbocycles. The first-order chi connectivity index (χ1) is 9.15. The Morgan fingerprint density at radius 2 is 1.95 bits per heavy atom. The molecule has 0 aromatic heterocycles. The van der Waals surface area contributed by atoms with Gasteiger partial charge in [0.2, 0.25) is 0 Å². The molecule has 0 amide bonds. The monoisotopic (exact) mass is 267 g/mol. The van der Waals surface area contributed by atoms with E-state index in [1.54, 1.807) is 0 Å². The molecule has 0 bridgehead atoms. The smallest absolute Gasteiger partial charge is 0.0224 e. The van der Waals surface area contributed by atoms with Gasteiger partial charge >= 0.3 is 0 Å². The zero-order chi connectivity index (χ0) is 13.7. The maximum Gasteiger partial charge on any atom is 0.0224 e. The zero-order valence-electron chi connectivity index (χ0n) is 13.2. The van der Waals surface area contributed by atoms with E-state index in [2.05, 4.69) is 35.9 Å². The molecule has 0 aliphatic carbocycles. The average molecular weight is 267 g/mol. The van der Waals surface area contributed by atoms with Gasteiger partial charge < -0.3 is 5.32 Å². The average Bonchev–Trinajstić information content (AvgIpc) is 2.83. The third-order valence-corrected chi connectivity index (χ3v) is 4.77. The Kier molecular flexibility index (Phi) is 6.11. The highest BCUT2D eigenvalue weighted by Crippen LogP contribution is 2.21. The summed E-state index contributed by atoms with van der Waals surface area (Å²) in [7, 11) is 0. The van der Waals surface area contributed by atoms with Crippen molar-refractivity contribution in [2.24, 2.45) is 5.92 Å². The van der Waals surface area contributed by atoms with Crippen molar-refractivity contribution >= 4 is 0 Å². The van der Waals surface area contributed by atoms with Crippen LogP contribution < -0.4 is 5.32 Å². The minimum absolute atomic E-state index is 0.676. The zero-order valence-corrected chi connectivity index (χ0v) is 13.2. The van der Waals surface area contributed by atoms with Crippen molar-refractivity contribution in [3.8, 4) is 0 Å². The number of fused-ring (bicyclic) bond motifs is 1. The number of nitrogens with zero attached hydrogens (tertiary/aromatic N) is 2. The second-order valence-electron chi connectivity index (χ2n) is 6.96. The van der Waals surface area contributed by atoms with Crippen LogP contribution in [0.2, 0.25) is 0 Å². The SMILES string of the molecule is CC(C)CCC(C)NCCN1CCN2CCCC2C1. The molecule has 0 aromatic carbocycles. The summed E-state index contributed by atoms with van der Waals surface area (Å²) in [4.78, 5) is 5.35. The van der Waals surface area contributed by atoms with E-state index in [1.807, 2.05) is 0 Å². The molecule has 2 atom stereocenters. The Labute approximate surface area is 119 Å². The van der Waals surface area contributed by atoms with Crippen LogP contribution in [-0.4, -0.2) is 61.2 Å². The van der Waals surface area contributed by atoms with Gasteiger partial charge in [0.25, 0.3) is 0 Å². The Morgan fingerprint density at radius 3 is 2.74 bits per heavy atom. The summed E-state index contributed by atoms with van der Waals surface area (Å²) in [5.41, 5.74) is 0. The number of piperazine rings is 1. The molecule has 112 valence electrons. The second kappa shape index (κ2) is 7.61. The van der Waals surface area contributed by atoms with Crippen LogP contribution in [0.15, 0.2) is 0 Å². The fourth-order valence-electron chi connectivity index (χ4n) is 3.41. The Balaban J connectivity index is 1.55. The van der Waals surface area contributed by atoms with Gasteiger partial charge in [-0.2, -0.15) is 0 Å². The van der Waals surface area contributed by atoms with Crippen molar-refractivity contribution in [1.82, 2.24) is 15.1 Å². The summed E-state index contributed by atoms with van der Waals surface area (Å²) in [6, 6.07) is 1.54. The molecule has 2 aliphatic rings. The van der Waals surface area contributed by atoms with Crippen molar-refractivity contribution in [2.75, 3.05) is 39.3 Å². The molecule has 2 heterocycles. The van der Waals surface area contributed by atoms with Crippen LogP contribution in [0.25, 0.3) is 0 Å². The molecule has 0 aromatic rings. The van der Waals surface area contributed by atoms with Gasteiger partial charge in [-0.1, -0.05) is 13.8 Å². The summed E-state index contributed by atoms with van der Waals surface area (Å²) >= 11 is 0. The van der Waals surface area contributed by atoms with Gasteiger partial charge in [-0.3, -0.25) is 9.80 Å². The number of hydrogen-bond acceptors (Lipinski definition) is 3. The maximum absolute atomic E-state index is 3.69. The minimum Gasteiger partial charge on any atom is -0.313 e. The van der Waals surface area contributed by atoms with Crippen LogP contribution in [-0.2, 0) is 0 Å². The van der Waals surface area contributed by atoms with Gasteiger partial charge in [-0.15, -0.1) is 0 Å². The number of nitrogens with one attached hydrogen (secondary N) is 1. The van der Waals surface area contributed by atoms with Gasteiger partial charge in [0.1, 0.15) is 0 Å². The predicted molar refractivity (Wildman–Crippen MR) is 82.6 cm³/mol. The van der Waals surface area contributed by atoms with Crippen LogP contribution in [0.3, 0.4) is 0 Å². The van der Waals surface area contributed by atoms with E-state index in [-0.39, 0.29) is 0 Å². The van der Waals surface area contributed by atoms with Crippen molar-refractivity contribution in [3.63, 3.8) is 0 Å². The Bertz CT molecular complexity index is 254. The van der Waals surface area contributed by atoms with Gasteiger partial charge in [0.15, 0.2) is 0 Å². The van der Waals surface area contributed by atoms with E-state index < -0.39 is 0 Å². The molecule has 2 aliphatic heterocycles. The van der Waals surface area contributed by atoms with E-state index in [4.69, 9.17) is 0 Å². The molecule has 3 heteroatoms. The standard InChI is InChI=1S/C16H33N3/c1-14(2)6-7-15(3)17-8-10-18-11-12-19-9-4-5-16(19)13-18/h14-17H,4-13H2,1-3H3. The molecule has 0 radical (unpaired) electrons. The lowest BCUT2D eigenvalue weighted by atomic mass is 10.0. The van der Waals surface area contributed by atoms with Gasteiger partial charge in [-0.25, -0.2) is 0 Å². The lowest BCUT2D eigenvalue weighted by Crippen LogP contribution is -2.51. The Morgan fingerprint density at radius 1 is 1.11 bits per heavy atom. The van der Waals surface area contributed by atoms with Crippen molar-refractivity contribution in [3.05, 3.63) is 0 Å². The van der Waals surface area contributed by atoms with Crippen molar-refractivity contribution in [1.29, 1.82) is 0 Å². The van der Waals surface area contributed by atoms with Crippen LogP contribution in [0.1, 0.15) is 46.5 Å². The van der Waals surface area contributed by atoms with E-state index in [0.717, 1.165) is 18.5 Å². The Hall–Kier alpha value is -0.120. The van der Waals surface area contributed by atoms with Gasteiger partial charge in [0.05, 0.1) is 0 Å². The third-order valence-electron chi connectivity index (χ3n) is 4.77. The summed E-state index contributed by atoms with van der Waals surface area (Å²) in [5, 5.41) is 3.69. The maximum atomic E-state index is 3.69. The third kappa shape index (κ3) is 5.05. The van der Waals surface area contributed by atoms with Crippen LogP contribution in [0.5, 0.6) is 0 Å². The highest BCUT2D eigenvalue weighted by molar-refractivity contribution is 4.86. The normalized spacial score (nSPS) is 26.8. The van der Waals surface area contributed by atoms with Crippen LogP contribution in [0, 0.1) is 5.92 Å². The largest absolute Gasteiger partial charge is 0.313 e. The number of hydrogen-bond donors (Lipinski definition) is 1. The molecule has 2 unspecified atom stereocenters. The fourth-order valence-corrected chi connectivity index (χ4v) is 3.41. The molecular formula is C16H33N3. The fraction of sp³-hybridized carbons (Fsp3) is 1.00. The van der Waals surface area contributed by atoms with Gasteiger partial charge in [-0.05, 0) is 45.1 Å². The molecule has 2 saturated heterocycles. The summed E-state index contributed by atoms with van der Waals surface area (Å²) in [5.74, 6) is 0.833. The summed E-state index contributed by atoms with van der Waals surface area (Å²) in [6.07, 6.45) is 5.50. The molecular weight excluding hydrogens is 234 g/mol. The molecule has 2 rings (SSSR count). The number of rotatable bonds is 7. The second-order valence-corrected chi connectivity index (χ2v) is 6.96. The van der Waals surface area contributed by atoms with E-state index in [9.17, 15) is 0 Å². The highest BCUT2D eigenvalue weighted by Gasteiger charge is 2.29. The summed E-state index contributed by atoms with van der Waals surface area (Å²) < 4.78 is 0. The first-order valence-corrected chi connectivity index (χ1v) is 8.35. The summed E-state index contributed by atoms with van der Waals surface area (Å²) in [6.45, 7) is 14.6. The molecule has 0 spiro atoms. The molecule has 2 fully saturated rings. The van der Waals surface area contributed by atoms with Crippen molar-refractivity contribution in [2.45, 2.75) is 58.5 Å². The molecule has 19 heavy (non-hydrogen) atoms. The lowest BCUT2D eigenvalue weighted by Gasteiger charge is -2.37. The van der Waals surface area contributed by atoms with E-state index in [0.29, 0.717) is 6.04 Å². The first kappa shape index (κ1) is 15.3. The van der Waals surface area contributed by atoms with E-state index in [1.165, 1.54) is 58.4 Å². The topological polar surface area (TPSA) is 18.5 Å². The van der Waals surface area contributed by atoms with E-state index >= 15 is 0 Å². The first-order valence-electron chi connectivity index (χ1n) is 8.35. The lowest BCUT2D eigenvalue weighted by molar-refractivity contribution is 0.104. The highest BCUT2D eigenvalue weighted by atomic mass is 15.3. The minimum atomic E-state index is 0.676.